The topological polar surface area (TPSA) is 61.8 Å². The predicted octanol–water partition coefficient (Wildman–Crippen LogP) is 3.51. The Labute approximate surface area is 149 Å². The van der Waals surface area contributed by atoms with Crippen LogP contribution in [0.1, 0.15) is 38.2 Å². The standard InChI is InChI=1S/C18H21F3O5/c1-12(22)25-14-9-6-10-15(11-14)26-16(23)17(24-2,18(19,20)21)13-7-4-3-5-8-13/h3-5,7-8,14-15H,6,9-11H2,1-2H3/t14-,15+,17-/m1/s1. The molecule has 0 saturated heterocycles. The zero-order valence-electron chi connectivity index (χ0n) is 14.5. The first kappa shape index (κ1) is 20.2. The summed E-state index contributed by atoms with van der Waals surface area (Å²) in [6, 6.07) is 6.65. The first-order chi connectivity index (χ1) is 12.2. The molecular formula is C18H21F3O5. The molecule has 0 N–H and O–H groups in total. The molecular weight excluding hydrogens is 353 g/mol. The molecule has 144 valence electrons. The molecule has 1 fully saturated rings. The third-order valence-corrected chi connectivity index (χ3v) is 4.36. The second kappa shape index (κ2) is 8.07. The molecule has 1 aliphatic rings. The number of esters is 2. The van der Waals surface area contributed by atoms with Crippen LogP contribution in [0, 0.1) is 0 Å². The minimum absolute atomic E-state index is 0.164. The van der Waals surface area contributed by atoms with Gasteiger partial charge in [0.25, 0.3) is 5.60 Å². The number of halogens is 3. The van der Waals surface area contributed by atoms with Crippen LogP contribution in [0.4, 0.5) is 13.2 Å². The number of rotatable bonds is 5. The fourth-order valence-corrected chi connectivity index (χ4v) is 3.17. The van der Waals surface area contributed by atoms with E-state index in [1.54, 1.807) is 0 Å². The lowest BCUT2D eigenvalue weighted by atomic mass is 9.91. The quantitative estimate of drug-likeness (QED) is 0.738. The molecule has 5 nitrogen and oxygen atoms in total. The van der Waals surface area contributed by atoms with Gasteiger partial charge in [0.2, 0.25) is 0 Å². The maximum absolute atomic E-state index is 13.8. The van der Waals surface area contributed by atoms with Gasteiger partial charge in [-0.15, -0.1) is 0 Å². The van der Waals surface area contributed by atoms with Gasteiger partial charge in [-0.3, -0.25) is 4.79 Å². The molecule has 3 atom stereocenters. The van der Waals surface area contributed by atoms with Crippen LogP contribution in [0.15, 0.2) is 30.3 Å². The number of carbonyl (C=O) groups is 2. The fourth-order valence-electron chi connectivity index (χ4n) is 3.17. The molecule has 0 aliphatic heterocycles. The Bertz CT molecular complexity index is 631. The third kappa shape index (κ3) is 4.17. The van der Waals surface area contributed by atoms with Crippen molar-refractivity contribution >= 4 is 11.9 Å². The third-order valence-electron chi connectivity index (χ3n) is 4.36. The zero-order valence-corrected chi connectivity index (χ0v) is 14.5. The Balaban J connectivity index is 2.24. The monoisotopic (exact) mass is 374 g/mol. The summed E-state index contributed by atoms with van der Waals surface area (Å²) >= 11 is 0. The Morgan fingerprint density at radius 1 is 1.04 bits per heavy atom. The van der Waals surface area contributed by atoms with Crippen molar-refractivity contribution in [3.8, 4) is 0 Å². The molecule has 1 saturated carbocycles. The molecule has 0 unspecified atom stereocenters. The van der Waals surface area contributed by atoms with Gasteiger partial charge in [-0.1, -0.05) is 30.3 Å². The molecule has 0 bridgehead atoms. The van der Waals surface area contributed by atoms with E-state index >= 15 is 0 Å². The number of benzene rings is 1. The van der Waals surface area contributed by atoms with Gasteiger partial charge < -0.3 is 14.2 Å². The van der Waals surface area contributed by atoms with Gasteiger partial charge >= 0.3 is 18.1 Å². The van der Waals surface area contributed by atoms with E-state index in [4.69, 9.17) is 14.2 Å². The molecule has 0 heterocycles. The largest absolute Gasteiger partial charge is 0.462 e. The summed E-state index contributed by atoms with van der Waals surface area (Å²) in [5, 5.41) is 0. The van der Waals surface area contributed by atoms with Gasteiger partial charge in [0.15, 0.2) is 0 Å². The zero-order chi connectivity index (χ0) is 19.4. The van der Waals surface area contributed by atoms with Crippen molar-refractivity contribution < 1.29 is 37.0 Å². The summed E-state index contributed by atoms with van der Waals surface area (Å²) in [7, 11) is 0.824. The van der Waals surface area contributed by atoms with Crippen LogP contribution in [0.3, 0.4) is 0 Å². The van der Waals surface area contributed by atoms with Gasteiger partial charge in [0, 0.05) is 26.0 Å². The van der Waals surface area contributed by atoms with E-state index in [-0.39, 0.29) is 12.0 Å². The molecule has 8 heteroatoms. The van der Waals surface area contributed by atoms with Crippen molar-refractivity contribution in [3.63, 3.8) is 0 Å². The van der Waals surface area contributed by atoms with Crippen molar-refractivity contribution in [3.05, 3.63) is 35.9 Å². The SMILES string of the molecule is CO[C@@](C(=O)O[C@H]1CCC[C@@H](OC(C)=O)C1)(c1ccccc1)C(F)(F)F. The second-order valence-electron chi connectivity index (χ2n) is 6.17. The van der Waals surface area contributed by atoms with Crippen LogP contribution in [-0.2, 0) is 29.4 Å². The van der Waals surface area contributed by atoms with Crippen molar-refractivity contribution in [2.75, 3.05) is 7.11 Å². The highest BCUT2D eigenvalue weighted by Crippen LogP contribution is 2.43. The molecule has 2 rings (SSSR count). The average Bonchev–Trinajstić information content (AvgIpc) is 2.55. The Kier molecular flexibility index (Phi) is 6.28. The summed E-state index contributed by atoms with van der Waals surface area (Å²) < 4.78 is 56.4. The first-order valence-corrected chi connectivity index (χ1v) is 8.26. The van der Waals surface area contributed by atoms with Gasteiger partial charge in [-0.05, 0) is 19.3 Å². The number of alkyl halides is 3. The minimum atomic E-state index is -5.01. The highest BCUT2D eigenvalue weighted by molar-refractivity contribution is 5.82. The number of carbonyl (C=O) groups excluding carboxylic acids is 2. The molecule has 1 aliphatic carbocycles. The fraction of sp³-hybridized carbons (Fsp3) is 0.556. The molecule has 26 heavy (non-hydrogen) atoms. The Hall–Kier alpha value is -2.09. The van der Waals surface area contributed by atoms with Gasteiger partial charge in [0.05, 0.1) is 0 Å². The molecule has 0 amide bonds. The molecule has 1 aromatic rings. The van der Waals surface area contributed by atoms with E-state index in [1.807, 2.05) is 0 Å². The van der Waals surface area contributed by atoms with Gasteiger partial charge in [0.1, 0.15) is 12.2 Å². The summed E-state index contributed by atoms with van der Waals surface area (Å²) in [4.78, 5) is 23.6. The normalized spacial score (nSPS) is 23.0. The van der Waals surface area contributed by atoms with Crippen molar-refractivity contribution in [2.45, 2.75) is 56.6 Å². The Morgan fingerprint density at radius 2 is 1.62 bits per heavy atom. The lowest BCUT2D eigenvalue weighted by molar-refractivity contribution is -0.278. The van der Waals surface area contributed by atoms with Crippen molar-refractivity contribution in [2.24, 2.45) is 0 Å². The number of ether oxygens (including phenoxy) is 3. The van der Waals surface area contributed by atoms with E-state index in [0.29, 0.717) is 19.3 Å². The predicted molar refractivity (Wildman–Crippen MR) is 85.1 cm³/mol. The summed E-state index contributed by atoms with van der Waals surface area (Å²) in [5.41, 5.74) is -3.56. The van der Waals surface area contributed by atoms with Crippen molar-refractivity contribution in [1.29, 1.82) is 0 Å². The van der Waals surface area contributed by atoms with E-state index in [2.05, 4.69) is 0 Å². The molecule has 0 spiro atoms. The van der Waals surface area contributed by atoms with Crippen LogP contribution >= 0.6 is 0 Å². The van der Waals surface area contributed by atoms with Crippen LogP contribution in [0.2, 0.25) is 0 Å². The lowest BCUT2D eigenvalue weighted by Crippen LogP contribution is -2.52. The average molecular weight is 374 g/mol. The number of hydrogen-bond acceptors (Lipinski definition) is 5. The van der Waals surface area contributed by atoms with Gasteiger partial charge in [-0.25, -0.2) is 4.79 Å². The summed E-state index contributed by atoms with van der Waals surface area (Å²) in [6.45, 7) is 1.25. The highest BCUT2D eigenvalue weighted by atomic mass is 19.4. The smallest absolute Gasteiger partial charge is 0.432 e. The molecule has 0 radical (unpaired) electrons. The maximum atomic E-state index is 13.8. The summed E-state index contributed by atoms with van der Waals surface area (Å²) in [5.74, 6) is -2.00. The second-order valence-corrected chi connectivity index (χ2v) is 6.17. The van der Waals surface area contributed by atoms with E-state index < -0.39 is 35.9 Å². The van der Waals surface area contributed by atoms with E-state index in [9.17, 15) is 22.8 Å². The maximum Gasteiger partial charge on any atom is 0.432 e. The van der Waals surface area contributed by atoms with Crippen LogP contribution in [0.5, 0.6) is 0 Å². The van der Waals surface area contributed by atoms with Crippen LogP contribution < -0.4 is 0 Å². The number of hydrogen-bond donors (Lipinski definition) is 0. The van der Waals surface area contributed by atoms with Gasteiger partial charge in [-0.2, -0.15) is 13.2 Å². The van der Waals surface area contributed by atoms with Crippen molar-refractivity contribution in [1.82, 2.24) is 0 Å². The minimum Gasteiger partial charge on any atom is -0.462 e. The molecule has 1 aromatic carbocycles. The number of methoxy groups -OCH3 is 1. The van der Waals surface area contributed by atoms with Crippen LogP contribution in [0.25, 0.3) is 0 Å². The van der Waals surface area contributed by atoms with E-state index in [0.717, 1.165) is 7.11 Å². The highest BCUT2D eigenvalue weighted by Gasteiger charge is 2.64. The lowest BCUT2D eigenvalue weighted by Gasteiger charge is -2.35. The van der Waals surface area contributed by atoms with E-state index in [1.165, 1.54) is 37.3 Å². The molecule has 0 aromatic heterocycles. The summed E-state index contributed by atoms with van der Waals surface area (Å²) in [6.07, 6.45) is -4.54. The first-order valence-electron chi connectivity index (χ1n) is 8.26. The van der Waals surface area contributed by atoms with Crippen LogP contribution in [-0.4, -0.2) is 37.4 Å². The Morgan fingerprint density at radius 3 is 2.12 bits per heavy atom.